The first kappa shape index (κ1) is 18.8. The first-order valence-corrected chi connectivity index (χ1v) is 9.03. The smallest absolute Gasteiger partial charge is 0.337 e. The monoisotopic (exact) mass is 368 g/mol. The average molecular weight is 368 g/mol. The molecule has 2 aromatic carbocycles. The van der Waals surface area contributed by atoms with Gasteiger partial charge in [0.2, 0.25) is 0 Å². The summed E-state index contributed by atoms with van der Waals surface area (Å²) in [7, 11) is 1.34. The van der Waals surface area contributed by atoms with E-state index in [-0.39, 0.29) is 12.5 Å². The second-order valence-corrected chi connectivity index (χ2v) is 6.57. The molecule has 6 nitrogen and oxygen atoms in total. The summed E-state index contributed by atoms with van der Waals surface area (Å²) in [5.74, 6) is -0.0776. The largest absolute Gasteiger partial charge is 0.484 e. The van der Waals surface area contributed by atoms with E-state index in [2.05, 4.69) is 10.2 Å². The van der Waals surface area contributed by atoms with Crippen LogP contribution in [-0.4, -0.2) is 38.7 Å². The lowest BCUT2D eigenvalue weighted by atomic mass is 10.1. The minimum atomic E-state index is -0.436. The Bertz CT molecular complexity index is 811. The van der Waals surface area contributed by atoms with E-state index in [9.17, 15) is 9.59 Å². The van der Waals surface area contributed by atoms with E-state index < -0.39 is 5.97 Å². The van der Waals surface area contributed by atoms with Crippen LogP contribution in [0.2, 0.25) is 0 Å². The third kappa shape index (κ3) is 4.78. The van der Waals surface area contributed by atoms with Gasteiger partial charge in [-0.3, -0.25) is 4.79 Å². The lowest BCUT2D eigenvalue weighted by molar-refractivity contribution is -0.118. The van der Waals surface area contributed by atoms with Gasteiger partial charge in [-0.25, -0.2) is 4.79 Å². The van der Waals surface area contributed by atoms with E-state index in [0.29, 0.717) is 17.0 Å². The Morgan fingerprint density at radius 2 is 1.78 bits per heavy atom. The molecule has 0 aliphatic carbocycles. The van der Waals surface area contributed by atoms with Crippen LogP contribution in [0.3, 0.4) is 0 Å². The standard InChI is InChI=1S/C21H24N2O4/c1-15-5-8-17(9-6-15)27-14-20(24)22-18-13-16(21(25)26-2)7-10-19(18)23-11-3-4-12-23/h5-10,13H,3-4,11-12,14H2,1-2H3,(H,22,24). The Kier molecular flexibility index (Phi) is 5.96. The molecule has 0 atom stereocenters. The summed E-state index contributed by atoms with van der Waals surface area (Å²) in [5.41, 5.74) is 3.03. The maximum Gasteiger partial charge on any atom is 0.337 e. The highest BCUT2D eigenvalue weighted by atomic mass is 16.5. The van der Waals surface area contributed by atoms with Gasteiger partial charge >= 0.3 is 5.97 Å². The van der Waals surface area contributed by atoms with Crippen LogP contribution in [0.4, 0.5) is 11.4 Å². The zero-order valence-corrected chi connectivity index (χ0v) is 15.7. The Morgan fingerprint density at radius 1 is 1.07 bits per heavy atom. The molecular formula is C21H24N2O4. The Balaban J connectivity index is 1.73. The molecule has 6 heteroatoms. The van der Waals surface area contributed by atoms with Gasteiger partial charge in [-0.2, -0.15) is 0 Å². The van der Waals surface area contributed by atoms with Gasteiger partial charge in [0.15, 0.2) is 6.61 Å². The summed E-state index contributed by atoms with van der Waals surface area (Å²) < 4.78 is 10.3. The SMILES string of the molecule is COC(=O)c1ccc(N2CCCC2)c(NC(=O)COc2ccc(C)cc2)c1. The predicted molar refractivity (Wildman–Crippen MR) is 105 cm³/mol. The van der Waals surface area contributed by atoms with Crippen LogP contribution in [0, 0.1) is 6.92 Å². The summed E-state index contributed by atoms with van der Waals surface area (Å²) in [5, 5.41) is 2.88. The molecule has 1 aliphatic heterocycles. The fourth-order valence-corrected chi connectivity index (χ4v) is 3.08. The van der Waals surface area contributed by atoms with Gasteiger partial charge < -0.3 is 19.7 Å². The molecule has 1 fully saturated rings. The van der Waals surface area contributed by atoms with Crippen molar-refractivity contribution in [2.45, 2.75) is 19.8 Å². The normalized spacial score (nSPS) is 13.3. The number of anilines is 2. The van der Waals surface area contributed by atoms with Crippen LogP contribution in [0.5, 0.6) is 5.75 Å². The maximum absolute atomic E-state index is 12.4. The van der Waals surface area contributed by atoms with E-state index in [4.69, 9.17) is 9.47 Å². The van der Waals surface area contributed by atoms with Gasteiger partial charge in [0, 0.05) is 13.1 Å². The van der Waals surface area contributed by atoms with E-state index in [1.165, 1.54) is 7.11 Å². The maximum atomic E-state index is 12.4. The Hall–Kier alpha value is -3.02. The van der Waals surface area contributed by atoms with Gasteiger partial charge in [-0.15, -0.1) is 0 Å². The number of hydrogen-bond acceptors (Lipinski definition) is 5. The molecular weight excluding hydrogens is 344 g/mol. The Labute approximate surface area is 159 Å². The van der Waals surface area contributed by atoms with Crippen molar-refractivity contribution in [3.8, 4) is 5.75 Å². The van der Waals surface area contributed by atoms with Crippen molar-refractivity contribution in [2.75, 3.05) is 37.0 Å². The molecule has 3 rings (SSSR count). The van der Waals surface area contributed by atoms with Crippen LogP contribution < -0.4 is 15.0 Å². The number of nitrogens with zero attached hydrogens (tertiary/aromatic N) is 1. The highest BCUT2D eigenvalue weighted by Gasteiger charge is 2.19. The number of ether oxygens (including phenoxy) is 2. The van der Waals surface area contributed by atoms with Crippen LogP contribution in [-0.2, 0) is 9.53 Å². The van der Waals surface area contributed by atoms with Gasteiger partial charge in [-0.05, 0) is 50.1 Å². The molecule has 1 amide bonds. The second kappa shape index (κ2) is 8.58. The number of carbonyl (C=O) groups excluding carboxylic acids is 2. The lowest BCUT2D eigenvalue weighted by Gasteiger charge is -2.22. The summed E-state index contributed by atoms with van der Waals surface area (Å²) >= 11 is 0. The van der Waals surface area contributed by atoms with E-state index >= 15 is 0 Å². The molecule has 27 heavy (non-hydrogen) atoms. The molecule has 0 saturated carbocycles. The summed E-state index contributed by atoms with van der Waals surface area (Å²) in [6.45, 7) is 3.75. The van der Waals surface area contributed by atoms with Crippen LogP contribution >= 0.6 is 0 Å². The number of methoxy groups -OCH3 is 1. The number of aryl methyl sites for hydroxylation is 1. The quantitative estimate of drug-likeness (QED) is 0.792. The van der Waals surface area contributed by atoms with Crippen molar-refractivity contribution in [3.05, 3.63) is 53.6 Å². The zero-order chi connectivity index (χ0) is 19.2. The fraction of sp³-hybridized carbons (Fsp3) is 0.333. The molecule has 1 heterocycles. The van der Waals surface area contributed by atoms with Crippen molar-refractivity contribution in [1.29, 1.82) is 0 Å². The number of carbonyl (C=O) groups is 2. The van der Waals surface area contributed by atoms with Gasteiger partial charge in [-0.1, -0.05) is 17.7 Å². The van der Waals surface area contributed by atoms with Crippen molar-refractivity contribution in [3.63, 3.8) is 0 Å². The number of nitrogens with one attached hydrogen (secondary N) is 1. The van der Waals surface area contributed by atoms with Crippen molar-refractivity contribution < 1.29 is 19.1 Å². The minimum absolute atomic E-state index is 0.106. The number of amides is 1. The molecule has 1 saturated heterocycles. The lowest BCUT2D eigenvalue weighted by Crippen LogP contribution is -2.24. The number of esters is 1. The number of hydrogen-bond donors (Lipinski definition) is 1. The molecule has 0 radical (unpaired) electrons. The van der Waals surface area contributed by atoms with Gasteiger partial charge in [0.05, 0.1) is 24.0 Å². The van der Waals surface area contributed by atoms with E-state index in [0.717, 1.165) is 37.2 Å². The average Bonchev–Trinajstić information content (AvgIpc) is 3.21. The van der Waals surface area contributed by atoms with Gasteiger partial charge in [0.1, 0.15) is 5.75 Å². The van der Waals surface area contributed by atoms with E-state index in [1.807, 2.05) is 37.3 Å². The van der Waals surface area contributed by atoms with Crippen molar-refractivity contribution >= 4 is 23.3 Å². The first-order valence-electron chi connectivity index (χ1n) is 9.03. The number of benzene rings is 2. The molecule has 0 unspecified atom stereocenters. The first-order chi connectivity index (χ1) is 13.1. The summed E-state index contributed by atoms with van der Waals surface area (Å²) in [6.07, 6.45) is 2.23. The number of rotatable bonds is 6. The molecule has 0 bridgehead atoms. The molecule has 0 aromatic heterocycles. The topological polar surface area (TPSA) is 67.9 Å². The van der Waals surface area contributed by atoms with Crippen molar-refractivity contribution in [1.82, 2.24) is 0 Å². The molecule has 2 aromatic rings. The highest BCUT2D eigenvalue weighted by molar-refractivity contribution is 5.98. The van der Waals surface area contributed by atoms with Crippen molar-refractivity contribution in [2.24, 2.45) is 0 Å². The van der Waals surface area contributed by atoms with E-state index in [1.54, 1.807) is 12.1 Å². The third-order valence-electron chi connectivity index (χ3n) is 4.53. The fourth-order valence-electron chi connectivity index (χ4n) is 3.08. The zero-order valence-electron chi connectivity index (χ0n) is 15.7. The molecule has 1 aliphatic rings. The highest BCUT2D eigenvalue weighted by Crippen LogP contribution is 2.30. The summed E-state index contributed by atoms with van der Waals surface area (Å²) in [4.78, 5) is 26.5. The third-order valence-corrected chi connectivity index (χ3v) is 4.53. The van der Waals surface area contributed by atoms with Gasteiger partial charge in [0.25, 0.3) is 5.91 Å². The van der Waals surface area contributed by atoms with Crippen LogP contribution in [0.1, 0.15) is 28.8 Å². The molecule has 0 spiro atoms. The van der Waals surface area contributed by atoms with Crippen LogP contribution in [0.25, 0.3) is 0 Å². The Morgan fingerprint density at radius 3 is 2.44 bits per heavy atom. The summed E-state index contributed by atoms with van der Waals surface area (Å²) in [6, 6.07) is 12.7. The van der Waals surface area contributed by atoms with Crippen LogP contribution in [0.15, 0.2) is 42.5 Å². The molecule has 1 N–H and O–H groups in total. The second-order valence-electron chi connectivity index (χ2n) is 6.57. The predicted octanol–water partition coefficient (Wildman–Crippen LogP) is 3.40. The molecule has 142 valence electrons. The minimum Gasteiger partial charge on any atom is -0.484 e.